The van der Waals surface area contributed by atoms with Crippen molar-refractivity contribution in [3.63, 3.8) is 0 Å². The second-order valence-corrected chi connectivity index (χ2v) is 10.2. The first-order valence-electron chi connectivity index (χ1n) is 10.2. The molecule has 0 spiro atoms. The minimum atomic E-state index is -3.85. The number of nitriles is 1. The molecular formula is C21H26N4O6S. The summed E-state index contributed by atoms with van der Waals surface area (Å²) in [6, 6.07) is 7.48. The molecule has 0 aliphatic carbocycles. The van der Waals surface area contributed by atoms with Crippen LogP contribution < -0.4 is 5.48 Å². The van der Waals surface area contributed by atoms with Gasteiger partial charge in [0.1, 0.15) is 0 Å². The Morgan fingerprint density at radius 2 is 1.94 bits per heavy atom. The second-order valence-electron chi connectivity index (χ2n) is 8.23. The monoisotopic (exact) mass is 462 g/mol. The van der Waals surface area contributed by atoms with Crippen LogP contribution in [0.4, 0.5) is 4.79 Å². The average molecular weight is 463 g/mol. The zero-order valence-corrected chi connectivity index (χ0v) is 18.6. The molecule has 3 N–H and O–H groups in total. The molecule has 1 fully saturated rings. The summed E-state index contributed by atoms with van der Waals surface area (Å²) in [4.78, 5) is 24.7. The Balaban J connectivity index is 1.76. The fourth-order valence-electron chi connectivity index (χ4n) is 4.36. The third-order valence-electron chi connectivity index (χ3n) is 6.30. The van der Waals surface area contributed by atoms with Crippen LogP contribution in [0.25, 0.3) is 5.57 Å². The number of hydrogen-bond acceptors (Lipinski definition) is 6. The second kappa shape index (κ2) is 9.28. The predicted molar refractivity (Wildman–Crippen MR) is 115 cm³/mol. The largest absolute Gasteiger partial charge is 0.465 e. The first-order chi connectivity index (χ1) is 15.1. The molecule has 11 heteroatoms. The van der Waals surface area contributed by atoms with Crippen molar-refractivity contribution in [2.45, 2.75) is 26.2 Å². The smallest absolute Gasteiger partial charge is 0.407 e. The van der Waals surface area contributed by atoms with Crippen molar-refractivity contribution in [1.29, 1.82) is 5.26 Å². The van der Waals surface area contributed by atoms with Gasteiger partial charge in [0.25, 0.3) is 5.91 Å². The van der Waals surface area contributed by atoms with Crippen LogP contribution in [0.2, 0.25) is 0 Å². The molecule has 2 amide bonds. The number of benzene rings is 1. The molecule has 1 aromatic rings. The van der Waals surface area contributed by atoms with Crippen molar-refractivity contribution >= 4 is 27.6 Å². The van der Waals surface area contributed by atoms with Gasteiger partial charge in [0.2, 0.25) is 10.0 Å². The number of hydroxylamine groups is 1. The van der Waals surface area contributed by atoms with E-state index in [0.29, 0.717) is 12.0 Å². The zero-order valence-electron chi connectivity index (χ0n) is 17.7. The quantitative estimate of drug-likeness (QED) is 0.443. The summed E-state index contributed by atoms with van der Waals surface area (Å²) in [6.07, 6.45) is 1.20. The van der Waals surface area contributed by atoms with Crippen molar-refractivity contribution in [3.05, 3.63) is 41.0 Å². The Morgan fingerprint density at radius 3 is 2.44 bits per heavy atom. The van der Waals surface area contributed by atoms with E-state index in [9.17, 15) is 23.2 Å². The first-order valence-corrected chi connectivity index (χ1v) is 11.8. The Labute approximate surface area is 186 Å². The maximum Gasteiger partial charge on any atom is 0.407 e. The van der Waals surface area contributed by atoms with Gasteiger partial charge in [-0.2, -0.15) is 9.57 Å². The van der Waals surface area contributed by atoms with Crippen molar-refractivity contribution < 1.29 is 28.3 Å². The van der Waals surface area contributed by atoms with Gasteiger partial charge in [-0.15, -0.1) is 0 Å². The zero-order chi connectivity index (χ0) is 23.5. The standard InChI is InChI=1S/C21H26N4O6S/c1-15-12-16(13-22)2-3-18(15)17-4-8-25(9-5-17)32(30,31)14-21(19(26)23-29)6-10-24(11-7-21)20(27)28/h2-4,12,29H,5-11,14H2,1H3,(H,23,26)(H,27,28). The summed E-state index contributed by atoms with van der Waals surface area (Å²) < 4.78 is 27.6. The highest BCUT2D eigenvalue weighted by atomic mass is 32.2. The maximum absolute atomic E-state index is 13.2. The summed E-state index contributed by atoms with van der Waals surface area (Å²) >= 11 is 0. The Morgan fingerprint density at radius 1 is 1.25 bits per heavy atom. The van der Waals surface area contributed by atoms with Gasteiger partial charge in [-0.3, -0.25) is 10.0 Å². The highest BCUT2D eigenvalue weighted by Crippen LogP contribution is 2.35. The molecule has 3 rings (SSSR count). The Hall–Kier alpha value is -2.94. The van der Waals surface area contributed by atoms with Gasteiger partial charge in [-0.1, -0.05) is 12.1 Å². The van der Waals surface area contributed by atoms with E-state index in [1.54, 1.807) is 17.6 Å². The topological polar surface area (TPSA) is 151 Å². The number of likely N-dealkylation sites (tertiary alicyclic amines) is 1. The van der Waals surface area contributed by atoms with Crippen LogP contribution in [-0.4, -0.2) is 71.9 Å². The third-order valence-corrected chi connectivity index (χ3v) is 8.34. The number of sulfonamides is 1. The number of carbonyl (C=O) groups excluding carboxylic acids is 1. The minimum absolute atomic E-state index is 0.00425. The highest BCUT2D eigenvalue weighted by Gasteiger charge is 2.47. The molecule has 0 unspecified atom stereocenters. The van der Waals surface area contributed by atoms with Crippen LogP contribution in [0, 0.1) is 23.7 Å². The lowest BCUT2D eigenvalue weighted by Gasteiger charge is -2.40. The Bertz CT molecular complexity index is 1080. The van der Waals surface area contributed by atoms with Gasteiger partial charge in [-0.25, -0.2) is 18.7 Å². The third kappa shape index (κ3) is 4.77. The van der Waals surface area contributed by atoms with E-state index in [1.807, 2.05) is 19.1 Å². The average Bonchev–Trinajstić information content (AvgIpc) is 2.78. The van der Waals surface area contributed by atoms with E-state index < -0.39 is 33.2 Å². The fraction of sp³-hybridized carbons (Fsp3) is 0.476. The van der Waals surface area contributed by atoms with Crippen molar-refractivity contribution in [1.82, 2.24) is 14.7 Å². The summed E-state index contributed by atoms with van der Waals surface area (Å²) in [7, 11) is -3.85. The number of aryl methyl sites for hydroxylation is 1. The van der Waals surface area contributed by atoms with E-state index in [0.717, 1.165) is 21.6 Å². The first kappa shape index (κ1) is 23.7. The molecule has 10 nitrogen and oxygen atoms in total. The molecule has 1 saturated heterocycles. The molecule has 1 aromatic carbocycles. The number of nitrogens with one attached hydrogen (secondary N) is 1. The van der Waals surface area contributed by atoms with Crippen LogP contribution in [0.3, 0.4) is 0 Å². The molecule has 2 aliphatic rings. The summed E-state index contributed by atoms with van der Waals surface area (Å²) in [5.74, 6) is -1.31. The molecule has 172 valence electrons. The predicted octanol–water partition coefficient (Wildman–Crippen LogP) is 1.55. The van der Waals surface area contributed by atoms with E-state index in [1.165, 1.54) is 4.31 Å². The van der Waals surface area contributed by atoms with Gasteiger partial charge in [-0.05, 0) is 55.0 Å². The molecule has 2 aliphatic heterocycles. The summed E-state index contributed by atoms with van der Waals surface area (Å²) in [5.41, 5.74) is 3.64. The SMILES string of the molecule is Cc1cc(C#N)ccc1C1=CCN(S(=O)(=O)CC2(C(=O)NO)CCN(C(=O)O)CC2)CC1. The molecule has 0 bridgehead atoms. The molecule has 2 heterocycles. The summed E-state index contributed by atoms with van der Waals surface area (Å²) in [6.45, 7) is 2.32. The Kier molecular flexibility index (Phi) is 6.88. The van der Waals surface area contributed by atoms with Gasteiger partial charge in [0, 0.05) is 26.2 Å². The lowest BCUT2D eigenvalue weighted by molar-refractivity contribution is -0.141. The lowest BCUT2D eigenvalue weighted by Crippen LogP contribution is -2.54. The van der Waals surface area contributed by atoms with E-state index >= 15 is 0 Å². The van der Waals surface area contributed by atoms with Crippen molar-refractivity contribution in [2.75, 3.05) is 31.9 Å². The van der Waals surface area contributed by atoms with Gasteiger partial charge in [0.05, 0.1) is 22.8 Å². The highest BCUT2D eigenvalue weighted by molar-refractivity contribution is 7.89. The number of amides is 2. The van der Waals surface area contributed by atoms with Crippen LogP contribution in [0.15, 0.2) is 24.3 Å². The molecule has 32 heavy (non-hydrogen) atoms. The fourth-order valence-corrected chi connectivity index (χ4v) is 6.34. The van der Waals surface area contributed by atoms with E-state index in [4.69, 9.17) is 10.4 Å². The van der Waals surface area contributed by atoms with Gasteiger partial charge >= 0.3 is 6.09 Å². The normalized spacial score (nSPS) is 19.0. The molecule has 0 aromatic heterocycles. The lowest BCUT2D eigenvalue weighted by atomic mass is 9.79. The number of nitrogens with zero attached hydrogens (tertiary/aromatic N) is 3. The van der Waals surface area contributed by atoms with E-state index in [-0.39, 0.29) is 39.0 Å². The van der Waals surface area contributed by atoms with Crippen molar-refractivity contribution in [3.8, 4) is 6.07 Å². The molecule has 0 radical (unpaired) electrons. The van der Waals surface area contributed by atoms with Crippen LogP contribution in [0.5, 0.6) is 0 Å². The minimum Gasteiger partial charge on any atom is -0.465 e. The number of rotatable bonds is 5. The number of hydrogen-bond donors (Lipinski definition) is 3. The molecular weight excluding hydrogens is 436 g/mol. The van der Waals surface area contributed by atoms with Crippen LogP contribution >= 0.6 is 0 Å². The van der Waals surface area contributed by atoms with E-state index in [2.05, 4.69) is 6.07 Å². The molecule has 0 atom stereocenters. The number of carboxylic acid groups (broad SMARTS) is 1. The van der Waals surface area contributed by atoms with Crippen LogP contribution in [-0.2, 0) is 14.8 Å². The van der Waals surface area contributed by atoms with Gasteiger partial charge < -0.3 is 10.0 Å². The number of piperidine rings is 1. The summed E-state index contributed by atoms with van der Waals surface area (Å²) in [5, 5.41) is 27.4. The van der Waals surface area contributed by atoms with Crippen LogP contribution in [0.1, 0.15) is 36.0 Å². The van der Waals surface area contributed by atoms with Crippen molar-refractivity contribution in [2.24, 2.45) is 5.41 Å². The van der Waals surface area contributed by atoms with Gasteiger partial charge in [0.15, 0.2) is 0 Å². The number of carbonyl (C=O) groups is 2. The molecule has 0 saturated carbocycles. The maximum atomic E-state index is 13.2.